The summed E-state index contributed by atoms with van der Waals surface area (Å²) in [5, 5.41) is 13.5. The standard InChI is InChI=1S/C17H29N5OS/c1-2-3-8-21-9-11-22(12-10-21)17-20-19-16(24-17)13-15(23)18-14-6-4-5-7-14/h14H,2-13H2,1H3,(H,18,23). The molecule has 7 heteroatoms. The highest BCUT2D eigenvalue weighted by Crippen LogP contribution is 2.22. The number of carbonyl (C=O) groups is 1. The van der Waals surface area contributed by atoms with Crippen LogP contribution in [0.15, 0.2) is 0 Å². The molecule has 0 atom stereocenters. The monoisotopic (exact) mass is 351 g/mol. The molecule has 1 saturated heterocycles. The molecule has 1 N–H and O–H groups in total. The molecule has 6 nitrogen and oxygen atoms in total. The van der Waals surface area contributed by atoms with E-state index in [1.807, 2.05) is 0 Å². The van der Waals surface area contributed by atoms with Gasteiger partial charge < -0.3 is 10.2 Å². The largest absolute Gasteiger partial charge is 0.353 e. The SMILES string of the molecule is CCCCN1CCN(c2nnc(CC(=O)NC3CCCC3)s2)CC1. The molecule has 2 fully saturated rings. The highest BCUT2D eigenvalue weighted by Gasteiger charge is 2.21. The molecule has 0 unspecified atom stereocenters. The van der Waals surface area contributed by atoms with E-state index in [-0.39, 0.29) is 5.91 Å². The van der Waals surface area contributed by atoms with Crippen molar-refractivity contribution in [2.24, 2.45) is 0 Å². The molecule has 0 bridgehead atoms. The zero-order valence-corrected chi connectivity index (χ0v) is 15.5. The van der Waals surface area contributed by atoms with Crippen molar-refractivity contribution in [3.63, 3.8) is 0 Å². The summed E-state index contributed by atoms with van der Waals surface area (Å²) in [6, 6.07) is 0.376. The van der Waals surface area contributed by atoms with Crippen LogP contribution < -0.4 is 10.2 Å². The van der Waals surface area contributed by atoms with Gasteiger partial charge in [0, 0.05) is 32.2 Å². The molecule has 1 amide bonds. The number of rotatable bonds is 7. The molecular weight excluding hydrogens is 322 g/mol. The van der Waals surface area contributed by atoms with Crippen LogP contribution in [0.2, 0.25) is 0 Å². The molecule has 134 valence electrons. The third-order valence-corrected chi connectivity index (χ3v) is 5.94. The molecule has 1 aromatic rings. The Morgan fingerprint density at radius 2 is 1.96 bits per heavy atom. The van der Waals surface area contributed by atoms with Crippen LogP contribution in [0.4, 0.5) is 5.13 Å². The Morgan fingerprint density at radius 3 is 2.67 bits per heavy atom. The van der Waals surface area contributed by atoms with Crippen LogP contribution in [0.3, 0.4) is 0 Å². The lowest BCUT2D eigenvalue weighted by Crippen LogP contribution is -2.46. The normalized spacial score (nSPS) is 19.8. The van der Waals surface area contributed by atoms with Crippen molar-refractivity contribution in [2.45, 2.75) is 57.9 Å². The molecule has 3 rings (SSSR count). The van der Waals surface area contributed by atoms with E-state index in [1.54, 1.807) is 11.3 Å². The summed E-state index contributed by atoms with van der Waals surface area (Å²) in [5.41, 5.74) is 0. The number of piperazine rings is 1. The fourth-order valence-electron chi connectivity index (χ4n) is 3.47. The molecule has 1 saturated carbocycles. The Hall–Kier alpha value is -1.21. The fraction of sp³-hybridized carbons (Fsp3) is 0.824. The molecule has 1 aliphatic heterocycles. The minimum atomic E-state index is 0.0917. The number of carbonyl (C=O) groups excluding carboxylic acids is 1. The van der Waals surface area contributed by atoms with Gasteiger partial charge in [-0.05, 0) is 25.8 Å². The number of nitrogens with one attached hydrogen (secondary N) is 1. The van der Waals surface area contributed by atoms with Crippen molar-refractivity contribution < 1.29 is 4.79 Å². The van der Waals surface area contributed by atoms with Gasteiger partial charge in [-0.25, -0.2) is 0 Å². The summed E-state index contributed by atoms with van der Waals surface area (Å²) in [7, 11) is 0. The maximum Gasteiger partial charge on any atom is 0.227 e. The fourth-order valence-corrected chi connectivity index (χ4v) is 4.36. The average Bonchev–Trinajstić information content (AvgIpc) is 3.25. The number of nitrogens with zero attached hydrogens (tertiary/aromatic N) is 4. The van der Waals surface area contributed by atoms with E-state index in [4.69, 9.17) is 0 Å². The van der Waals surface area contributed by atoms with Crippen molar-refractivity contribution in [2.75, 3.05) is 37.6 Å². The molecule has 1 aromatic heterocycles. The predicted molar refractivity (Wildman–Crippen MR) is 97.6 cm³/mol. The van der Waals surface area contributed by atoms with Crippen LogP contribution in [-0.4, -0.2) is 59.8 Å². The zero-order chi connectivity index (χ0) is 16.8. The minimum absolute atomic E-state index is 0.0917. The predicted octanol–water partition coefficient (Wildman–Crippen LogP) is 2.06. The number of hydrogen-bond acceptors (Lipinski definition) is 6. The lowest BCUT2D eigenvalue weighted by Gasteiger charge is -2.34. The van der Waals surface area contributed by atoms with E-state index in [2.05, 4.69) is 32.2 Å². The molecule has 2 aliphatic rings. The second-order valence-electron chi connectivity index (χ2n) is 6.89. The van der Waals surface area contributed by atoms with E-state index in [0.717, 1.165) is 49.2 Å². The molecule has 24 heavy (non-hydrogen) atoms. The van der Waals surface area contributed by atoms with Gasteiger partial charge in [0.2, 0.25) is 11.0 Å². The quantitative estimate of drug-likeness (QED) is 0.815. The summed E-state index contributed by atoms with van der Waals surface area (Å²) in [6.45, 7) is 7.64. The highest BCUT2D eigenvalue weighted by atomic mass is 32.1. The van der Waals surface area contributed by atoms with Crippen molar-refractivity contribution in [3.05, 3.63) is 5.01 Å². The first kappa shape index (κ1) is 17.6. The first-order chi connectivity index (χ1) is 11.7. The van der Waals surface area contributed by atoms with E-state index in [9.17, 15) is 4.79 Å². The van der Waals surface area contributed by atoms with E-state index < -0.39 is 0 Å². The molecule has 0 aromatic carbocycles. The van der Waals surface area contributed by atoms with Gasteiger partial charge >= 0.3 is 0 Å². The third-order valence-electron chi connectivity index (χ3n) is 4.96. The number of aromatic nitrogens is 2. The Kier molecular flexibility index (Phi) is 6.43. The van der Waals surface area contributed by atoms with Gasteiger partial charge in [0.15, 0.2) is 0 Å². The Morgan fingerprint density at radius 1 is 1.21 bits per heavy atom. The Bertz CT molecular complexity index is 521. The third kappa shape index (κ3) is 4.89. The van der Waals surface area contributed by atoms with E-state index >= 15 is 0 Å². The molecule has 1 aliphatic carbocycles. The topological polar surface area (TPSA) is 61.4 Å². The van der Waals surface area contributed by atoms with Gasteiger partial charge in [-0.2, -0.15) is 0 Å². The van der Waals surface area contributed by atoms with E-state index in [0.29, 0.717) is 12.5 Å². The second-order valence-corrected chi connectivity index (χ2v) is 7.93. The maximum absolute atomic E-state index is 12.1. The molecule has 0 spiro atoms. The van der Waals surface area contributed by atoms with Crippen LogP contribution >= 0.6 is 11.3 Å². The smallest absolute Gasteiger partial charge is 0.227 e. The van der Waals surface area contributed by atoms with Crippen molar-refractivity contribution in [1.29, 1.82) is 0 Å². The number of unbranched alkanes of at least 4 members (excludes halogenated alkanes) is 1. The lowest BCUT2D eigenvalue weighted by molar-refractivity contribution is -0.121. The summed E-state index contributed by atoms with van der Waals surface area (Å²) < 4.78 is 0. The van der Waals surface area contributed by atoms with Crippen LogP contribution in [0.25, 0.3) is 0 Å². The lowest BCUT2D eigenvalue weighted by atomic mass is 10.2. The van der Waals surface area contributed by atoms with Crippen molar-refractivity contribution in [1.82, 2.24) is 20.4 Å². The first-order valence-corrected chi connectivity index (χ1v) is 10.2. The summed E-state index contributed by atoms with van der Waals surface area (Å²) in [4.78, 5) is 16.9. The first-order valence-electron chi connectivity index (χ1n) is 9.33. The number of hydrogen-bond donors (Lipinski definition) is 1. The van der Waals surface area contributed by atoms with Crippen LogP contribution in [0.5, 0.6) is 0 Å². The summed E-state index contributed by atoms with van der Waals surface area (Å²) in [5.74, 6) is 0.0917. The molecule has 2 heterocycles. The van der Waals surface area contributed by atoms with Gasteiger partial charge in [0.25, 0.3) is 0 Å². The molecule has 0 radical (unpaired) electrons. The van der Waals surface area contributed by atoms with Crippen LogP contribution in [0, 0.1) is 0 Å². The minimum Gasteiger partial charge on any atom is -0.353 e. The van der Waals surface area contributed by atoms with Gasteiger partial charge in [0.05, 0.1) is 6.42 Å². The highest BCUT2D eigenvalue weighted by molar-refractivity contribution is 7.15. The van der Waals surface area contributed by atoms with Crippen molar-refractivity contribution >= 4 is 22.4 Å². The second kappa shape index (κ2) is 8.76. The number of anilines is 1. The summed E-state index contributed by atoms with van der Waals surface area (Å²) >= 11 is 1.57. The number of amides is 1. The van der Waals surface area contributed by atoms with E-state index in [1.165, 1.54) is 32.2 Å². The van der Waals surface area contributed by atoms with Gasteiger partial charge in [-0.1, -0.05) is 37.5 Å². The van der Waals surface area contributed by atoms with Gasteiger partial charge in [-0.15, -0.1) is 10.2 Å². The van der Waals surface area contributed by atoms with Crippen LogP contribution in [-0.2, 0) is 11.2 Å². The Balaban J connectivity index is 1.44. The average molecular weight is 352 g/mol. The van der Waals surface area contributed by atoms with Gasteiger partial charge in [0.1, 0.15) is 5.01 Å². The van der Waals surface area contributed by atoms with Gasteiger partial charge in [-0.3, -0.25) is 9.69 Å². The maximum atomic E-state index is 12.1. The summed E-state index contributed by atoms with van der Waals surface area (Å²) in [6.07, 6.45) is 7.60. The molecular formula is C17H29N5OS. The van der Waals surface area contributed by atoms with Crippen LogP contribution in [0.1, 0.15) is 50.5 Å². The zero-order valence-electron chi connectivity index (χ0n) is 14.7. The van der Waals surface area contributed by atoms with Crippen molar-refractivity contribution in [3.8, 4) is 0 Å². The Labute approximate surface area is 148 Å².